The molecule has 12 heavy (non-hydrogen) atoms. The molecule has 1 amide bonds. The first-order valence-corrected chi connectivity index (χ1v) is 3.40. The maximum Gasteiger partial charge on any atom is 0.248 e. The van der Waals surface area contributed by atoms with E-state index in [1.54, 1.807) is 24.3 Å². The molecule has 1 aromatic rings. The fourth-order valence-corrected chi connectivity index (χ4v) is 0.602. The second-order valence-electron chi connectivity index (χ2n) is 1.97. The van der Waals surface area contributed by atoms with Crippen LogP contribution in [0.3, 0.4) is 0 Å². The summed E-state index contributed by atoms with van der Waals surface area (Å²) in [4.78, 5) is 10.4. The molecule has 0 saturated heterocycles. The Bertz CT molecular complexity index is 244. The van der Waals surface area contributed by atoms with Crippen LogP contribution in [0.5, 0.6) is 0 Å². The highest BCUT2D eigenvalue weighted by atomic mass is 16.1. The summed E-state index contributed by atoms with van der Waals surface area (Å²) in [5.41, 5.74) is 10.1. The Balaban J connectivity index is 0.000000354. The van der Waals surface area contributed by atoms with Gasteiger partial charge in [0.2, 0.25) is 5.91 Å². The van der Waals surface area contributed by atoms with Crippen molar-refractivity contribution in [1.29, 1.82) is 0 Å². The van der Waals surface area contributed by atoms with Gasteiger partial charge in [-0.1, -0.05) is 24.8 Å². The van der Waals surface area contributed by atoms with Gasteiger partial charge in [-0.2, -0.15) is 0 Å². The van der Waals surface area contributed by atoms with E-state index in [-0.39, 0.29) is 5.91 Å². The van der Waals surface area contributed by atoms with Gasteiger partial charge in [0.1, 0.15) is 0 Å². The first kappa shape index (κ1) is 10.2. The summed E-state index contributed by atoms with van der Waals surface area (Å²) in [6.07, 6.45) is 1.25. The lowest BCUT2D eigenvalue weighted by Crippen LogP contribution is -2.09. The third-order valence-corrected chi connectivity index (χ3v) is 1.06. The topological polar surface area (TPSA) is 69.1 Å². The molecular formula is C9H12N2O. The van der Waals surface area contributed by atoms with Gasteiger partial charge in [-0.05, 0) is 18.3 Å². The normalized spacial score (nSPS) is 7.67. The lowest BCUT2D eigenvalue weighted by Gasteiger charge is -1.89. The monoisotopic (exact) mass is 164 g/mol. The predicted octanol–water partition coefficient (Wildman–Crippen LogP) is 0.874. The van der Waals surface area contributed by atoms with Crippen molar-refractivity contribution >= 4 is 5.91 Å². The zero-order valence-corrected chi connectivity index (χ0v) is 6.73. The molecule has 0 fully saturated rings. The smallest absolute Gasteiger partial charge is 0.248 e. The molecule has 0 aliphatic carbocycles. The van der Waals surface area contributed by atoms with E-state index in [4.69, 9.17) is 5.73 Å². The van der Waals surface area contributed by atoms with Gasteiger partial charge in [-0.15, -0.1) is 0 Å². The quantitative estimate of drug-likeness (QED) is 0.646. The highest BCUT2D eigenvalue weighted by Crippen LogP contribution is 1.94. The van der Waals surface area contributed by atoms with E-state index < -0.39 is 0 Å². The number of rotatable bonds is 1. The van der Waals surface area contributed by atoms with Crippen molar-refractivity contribution in [3.05, 3.63) is 48.7 Å². The molecule has 0 aliphatic rings. The van der Waals surface area contributed by atoms with E-state index in [9.17, 15) is 4.79 Å². The number of benzene rings is 1. The van der Waals surface area contributed by atoms with Crippen LogP contribution in [0.25, 0.3) is 0 Å². The summed E-state index contributed by atoms with van der Waals surface area (Å²) in [6, 6.07) is 8.76. The third kappa shape index (κ3) is 4.11. The molecule has 3 nitrogen and oxygen atoms in total. The van der Waals surface area contributed by atoms with Gasteiger partial charge in [0.05, 0.1) is 0 Å². The number of nitrogens with two attached hydrogens (primary N) is 2. The summed E-state index contributed by atoms with van der Waals surface area (Å²) in [6.45, 7) is 3.14. The molecule has 1 aromatic carbocycles. The standard InChI is InChI=1S/C7H7NO.C2H5N/c8-7(9)6-4-2-1-3-5-6;1-2-3/h1-5H,(H2,8,9);2H,1,3H2. The van der Waals surface area contributed by atoms with Gasteiger partial charge in [-0.25, -0.2) is 0 Å². The van der Waals surface area contributed by atoms with Gasteiger partial charge in [-0.3, -0.25) is 4.79 Å². The Morgan fingerprint density at radius 1 is 1.33 bits per heavy atom. The minimum Gasteiger partial charge on any atom is -0.405 e. The molecule has 0 radical (unpaired) electrons. The van der Waals surface area contributed by atoms with Crippen molar-refractivity contribution in [2.24, 2.45) is 11.5 Å². The summed E-state index contributed by atoms with van der Waals surface area (Å²) in [5, 5.41) is 0. The molecule has 0 spiro atoms. The lowest BCUT2D eigenvalue weighted by atomic mass is 10.2. The lowest BCUT2D eigenvalue weighted by molar-refractivity contribution is 0.100. The summed E-state index contributed by atoms with van der Waals surface area (Å²) >= 11 is 0. The molecular weight excluding hydrogens is 152 g/mol. The van der Waals surface area contributed by atoms with Crippen molar-refractivity contribution in [1.82, 2.24) is 0 Å². The highest BCUT2D eigenvalue weighted by molar-refractivity contribution is 5.92. The van der Waals surface area contributed by atoms with Crippen LogP contribution >= 0.6 is 0 Å². The molecule has 0 saturated carbocycles. The SMILES string of the molecule is C=CN.NC(=O)c1ccccc1. The van der Waals surface area contributed by atoms with Crippen molar-refractivity contribution < 1.29 is 4.79 Å². The first-order valence-electron chi connectivity index (χ1n) is 3.40. The number of amides is 1. The fraction of sp³-hybridized carbons (Fsp3) is 0. The molecule has 0 aromatic heterocycles. The molecule has 0 atom stereocenters. The van der Waals surface area contributed by atoms with Crippen molar-refractivity contribution in [3.8, 4) is 0 Å². The second kappa shape index (κ2) is 5.97. The van der Waals surface area contributed by atoms with Crippen LogP contribution in [0.15, 0.2) is 43.1 Å². The van der Waals surface area contributed by atoms with Crippen molar-refractivity contribution in [2.45, 2.75) is 0 Å². The van der Waals surface area contributed by atoms with Crippen LogP contribution in [-0.2, 0) is 0 Å². The summed E-state index contributed by atoms with van der Waals surface area (Å²) in [7, 11) is 0. The van der Waals surface area contributed by atoms with Crippen molar-refractivity contribution in [2.75, 3.05) is 0 Å². The molecule has 4 N–H and O–H groups in total. The van der Waals surface area contributed by atoms with Gasteiger partial charge in [0, 0.05) is 5.56 Å². The van der Waals surface area contributed by atoms with E-state index in [0.29, 0.717) is 5.56 Å². The van der Waals surface area contributed by atoms with Gasteiger partial charge in [0.15, 0.2) is 0 Å². The fourth-order valence-electron chi connectivity index (χ4n) is 0.602. The number of carbonyl (C=O) groups is 1. The molecule has 64 valence electrons. The van der Waals surface area contributed by atoms with Crippen LogP contribution in [0.1, 0.15) is 10.4 Å². The zero-order valence-electron chi connectivity index (χ0n) is 6.73. The third-order valence-electron chi connectivity index (χ3n) is 1.06. The number of hydrogen-bond acceptors (Lipinski definition) is 2. The van der Waals surface area contributed by atoms with Gasteiger partial charge >= 0.3 is 0 Å². The summed E-state index contributed by atoms with van der Waals surface area (Å²) < 4.78 is 0. The average Bonchev–Trinajstić information content (AvgIpc) is 2.07. The van der Waals surface area contributed by atoms with Crippen LogP contribution in [0.4, 0.5) is 0 Å². The Morgan fingerprint density at radius 3 is 2.00 bits per heavy atom. The maximum absolute atomic E-state index is 10.4. The summed E-state index contributed by atoms with van der Waals surface area (Å²) in [5.74, 6) is -0.379. The molecule has 0 heterocycles. The van der Waals surface area contributed by atoms with Crippen molar-refractivity contribution in [3.63, 3.8) is 0 Å². The second-order valence-corrected chi connectivity index (χ2v) is 1.97. The Labute approximate surface area is 71.7 Å². The zero-order chi connectivity index (χ0) is 9.40. The predicted molar refractivity (Wildman–Crippen MR) is 49.3 cm³/mol. The van der Waals surface area contributed by atoms with Crippen LogP contribution in [0, 0.1) is 0 Å². The number of primary amides is 1. The largest absolute Gasteiger partial charge is 0.405 e. The van der Waals surface area contributed by atoms with Crippen LogP contribution in [0.2, 0.25) is 0 Å². The minimum absolute atomic E-state index is 0.379. The Hall–Kier alpha value is -1.77. The van der Waals surface area contributed by atoms with E-state index >= 15 is 0 Å². The molecule has 3 heteroatoms. The Kier molecular flexibility index (Phi) is 5.09. The number of hydrogen-bond donors (Lipinski definition) is 2. The molecule has 1 rings (SSSR count). The average molecular weight is 164 g/mol. The van der Waals surface area contributed by atoms with Crippen LogP contribution < -0.4 is 11.5 Å². The highest BCUT2D eigenvalue weighted by Gasteiger charge is 1.93. The molecule has 0 unspecified atom stereocenters. The Morgan fingerprint density at radius 2 is 1.75 bits per heavy atom. The van der Waals surface area contributed by atoms with Gasteiger partial charge in [0.25, 0.3) is 0 Å². The minimum atomic E-state index is -0.379. The van der Waals surface area contributed by atoms with E-state index in [2.05, 4.69) is 12.3 Å². The van der Waals surface area contributed by atoms with Crippen LogP contribution in [-0.4, -0.2) is 5.91 Å². The van der Waals surface area contributed by atoms with E-state index in [1.807, 2.05) is 6.07 Å². The molecule has 0 aliphatic heterocycles. The van der Waals surface area contributed by atoms with E-state index in [0.717, 1.165) is 0 Å². The first-order chi connectivity index (χ1) is 5.72. The maximum atomic E-state index is 10.4. The number of carbonyl (C=O) groups excluding carboxylic acids is 1. The van der Waals surface area contributed by atoms with E-state index in [1.165, 1.54) is 6.20 Å². The van der Waals surface area contributed by atoms with Gasteiger partial charge < -0.3 is 11.5 Å². The molecule has 0 bridgehead atoms.